The van der Waals surface area contributed by atoms with Gasteiger partial charge in [0, 0.05) is 11.6 Å². The first-order chi connectivity index (χ1) is 9.51. The lowest BCUT2D eigenvalue weighted by Crippen LogP contribution is -2.12. The third-order valence-corrected chi connectivity index (χ3v) is 5.02. The van der Waals surface area contributed by atoms with Crippen molar-refractivity contribution >= 4 is 44.1 Å². The van der Waals surface area contributed by atoms with Crippen LogP contribution in [0.25, 0.3) is 10.9 Å². The molecule has 0 atom stereocenters. The molecule has 0 fully saturated rings. The molecule has 0 spiro atoms. The van der Waals surface area contributed by atoms with E-state index in [1.807, 2.05) is 0 Å². The number of nitrogens with zero attached hydrogens (tertiary/aromatic N) is 3. The second-order valence-corrected chi connectivity index (χ2v) is 6.50. The molecule has 0 N–H and O–H groups in total. The Morgan fingerprint density at radius 3 is 2.30 bits per heavy atom. The van der Waals surface area contributed by atoms with E-state index in [-0.39, 0.29) is 20.7 Å². The van der Waals surface area contributed by atoms with Gasteiger partial charge in [-0.3, -0.25) is 0 Å². The molecule has 0 aliphatic heterocycles. The Balaban J connectivity index is 2.34. The first-order valence-corrected chi connectivity index (χ1v) is 7.71. The quantitative estimate of drug-likeness (QED) is 0.725. The second-order valence-electron chi connectivity index (χ2n) is 3.97. The highest BCUT2D eigenvalue weighted by Crippen LogP contribution is 2.29. The molecule has 0 saturated carbocycles. The Bertz CT molecular complexity index is 892. The van der Waals surface area contributed by atoms with Gasteiger partial charge in [0.05, 0.1) is 4.90 Å². The number of rotatable bonds is 2. The molecule has 3 rings (SSSR count). The van der Waals surface area contributed by atoms with E-state index in [0.29, 0.717) is 5.39 Å². The molecule has 20 heavy (non-hydrogen) atoms. The van der Waals surface area contributed by atoms with Gasteiger partial charge in [-0.25, -0.2) is 12.4 Å². The topological polar surface area (TPSA) is 64.8 Å². The van der Waals surface area contributed by atoms with Gasteiger partial charge in [-0.1, -0.05) is 41.4 Å². The lowest BCUT2D eigenvalue weighted by molar-refractivity contribution is 0.589. The standard InChI is InChI=1S/C12H7Cl2N3O2S/c13-11-9-6-7-17(10(9)12(14)16-15-11)20(18,19)8-4-2-1-3-5-8/h1-7H. The first kappa shape index (κ1) is 13.4. The number of halogens is 2. The molecule has 1 aromatic carbocycles. The summed E-state index contributed by atoms with van der Waals surface area (Å²) in [5.41, 5.74) is 0.218. The second kappa shape index (κ2) is 4.73. The van der Waals surface area contributed by atoms with Crippen LogP contribution in [0.2, 0.25) is 10.3 Å². The Morgan fingerprint density at radius 1 is 0.950 bits per heavy atom. The van der Waals surface area contributed by atoms with Gasteiger partial charge in [-0.15, -0.1) is 10.2 Å². The van der Waals surface area contributed by atoms with Crippen molar-refractivity contribution in [2.24, 2.45) is 0 Å². The van der Waals surface area contributed by atoms with Crippen LogP contribution in [-0.2, 0) is 10.0 Å². The minimum Gasteiger partial charge on any atom is -0.238 e. The predicted octanol–water partition coefficient (Wildman–Crippen LogP) is 2.98. The van der Waals surface area contributed by atoms with E-state index in [2.05, 4.69) is 10.2 Å². The van der Waals surface area contributed by atoms with Crippen LogP contribution in [0.1, 0.15) is 0 Å². The largest absolute Gasteiger partial charge is 0.268 e. The Morgan fingerprint density at radius 2 is 1.60 bits per heavy atom. The lowest BCUT2D eigenvalue weighted by Gasteiger charge is -2.07. The van der Waals surface area contributed by atoms with E-state index in [0.717, 1.165) is 3.97 Å². The summed E-state index contributed by atoms with van der Waals surface area (Å²) in [6.07, 6.45) is 1.38. The van der Waals surface area contributed by atoms with Gasteiger partial charge >= 0.3 is 0 Å². The average Bonchev–Trinajstić information content (AvgIpc) is 2.91. The zero-order chi connectivity index (χ0) is 14.3. The Labute approximate surface area is 124 Å². The van der Waals surface area contributed by atoms with E-state index in [9.17, 15) is 8.42 Å². The molecule has 3 aromatic rings. The normalized spacial score (nSPS) is 11.9. The van der Waals surface area contributed by atoms with E-state index in [1.165, 1.54) is 18.3 Å². The summed E-state index contributed by atoms with van der Waals surface area (Å²) >= 11 is 11.8. The van der Waals surface area contributed by atoms with Crippen molar-refractivity contribution in [3.8, 4) is 0 Å². The van der Waals surface area contributed by atoms with Crippen molar-refractivity contribution in [2.75, 3.05) is 0 Å². The smallest absolute Gasteiger partial charge is 0.238 e. The number of hydrogen-bond donors (Lipinski definition) is 0. The molecule has 0 aliphatic rings. The van der Waals surface area contributed by atoms with Crippen molar-refractivity contribution in [3.63, 3.8) is 0 Å². The van der Waals surface area contributed by atoms with Crippen LogP contribution in [0, 0.1) is 0 Å². The number of benzene rings is 1. The monoisotopic (exact) mass is 327 g/mol. The van der Waals surface area contributed by atoms with Crippen molar-refractivity contribution in [3.05, 3.63) is 52.9 Å². The van der Waals surface area contributed by atoms with Crippen molar-refractivity contribution in [1.29, 1.82) is 0 Å². The minimum atomic E-state index is -3.76. The molecule has 5 nitrogen and oxygen atoms in total. The summed E-state index contributed by atoms with van der Waals surface area (Å²) in [7, 11) is -3.76. The van der Waals surface area contributed by atoms with Gasteiger partial charge in [0.2, 0.25) is 0 Å². The maximum atomic E-state index is 12.6. The number of aromatic nitrogens is 3. The molecule has 8 heteroatoms. The van der Waals surface area contributed by atoms with Crippen LogP contribution < -0.4 is 0 Å². The highest BCUT2D eigenvalue weighted by atomic mass is 35.5. The fourth-order valence-corrected chi connectivity index (χ4v) is 3.72. The van der Waals surface area contributed by atoms with Gasteiger partial charge in [0.15, 0.2) is 10.3 Å². The highest BCUT2D eigenvalue weighted by Gasteiger charge is 2.22. The maximum absolute atomic E-state index is 12.6. The summed E-state index contributed by atoms with van der Waals surface area (Å²) in [6, 6.07) is 9.58. The van der Waals surface area contributed by atoms with E-state index in [1.54, 1.807) is 24.3 Å². The van der Waals surface area contributed by atoms with Crippen LogP contribution >= 0.6 is 23.2 Å². The van der Waals surface area contributed by atoms with Crippen LogP contribution in [0.3, 0.4) is 0 Å². The van der Waals surface area contributed by atoms with Crippen LogP contribution in [0.4, 0.5) is 0 Å². The molecule has 0 aliphatic carbocycles. The summed E-state index contributed by atoms with van der Waals surface area (Å²) in [5.74, 6) is 0. The Hall–Kier alpha value is -1.63. The fourth-order valence-electron chi connectivity index (χ4n) is 1.88. The van der Waals surface area contributed by atoms with Crippen molar-refractivity contribution < 1.29 is 8.42 Å². The molecule has 0 radical (unpaired) electrons. The van der Waals surface area contributed by atoms with Crippen LogP contribution in [0.15, 0.2) is 47.5 Å². The van der Waals surface area contributed by atoms with E-state index < -0.39 is 10.0 Å². The molecule has 0 amide bonds. The summed E-state index contributed by atoms with van der Waals surface area (Å²) in [6.45, 7) is 0. The molecule has 0 bridgehead atoms. The number of hydrogen-bond acceptors (Lipinski definition) is 4. The molecule has 0 saturated heterocycles. The van der Waals surface area contributed by atoms with E-state index in [4.69, 9.17) is 23.2 Å². The maximum Gasteiger partial charge on any atom is 0.268 e. The molecule has 0 unspecified atom stereocenters. The average molecular weight is 328 g/mol. The van der Waals surface area contributed by atoms with Gasteiger partial charge in [0.1, 0.15) is 5.52 Å². The zero-order valence-electron chi connectivity index (χ0n) is 9.86. The molecule has 102 valence electrons. The van der Waals surface area contributed by atoms with Crippen molar-refractivity contribution in [2.45, 2.75) is 4.90 Å². The number of fused-ring (bicyclic) bond motifs is 1. The molecular weight excluding hydrogens is 321 g/mol. The van der Waals surface area contributed by atoms with Gasteiger partial charge < -0.3 is 0 Å². The summed E-state index contributed by atoms with van der Waals surface area (Å²) in [4.78, 5) is 0.154. The zero-order valence-corrected chi connectivity index (χ0v) is 12.2. The van der Waals surface area contributed by atoms with E-state index >= 15 is 0 Å². The third kappa shape index (κ3) is 1.96. The van der Waals surface area contributed by atoms with Crippen molar-refractivity contribution in [1.82, 2.24) is 14.2 Å². The van der Waals surface area contributed by atoms with Gasteiger partial charge in [-0.2, -0.15) is 0 Å². The van der Waals surface area contributed by atoms with Crippen LogP contribution in [0.5, 0.6) is 0 Å². The highest BCUT2D eigenvalue weighted by molar-refractivity contribution is 7.90. The summed E-state index contributed by atoms with van der Waals surface area (Å²) in [5, 5.41) is 7.82. The SMILES string of the molecule is O=S(=O)(c1ccccc1)n1ccc2c(Cl)nnc(Cl)c21. The molecular formula is C12H7Cl2N3O2S. The Kier molecular flexibility index (Phi) is 3.16. The molecule has 2 heterocycles. The fraction of sp³-hybridized carbons (Fsp3) is 0. The first-order valence-electron chi connectivity index (χ1n) is 5.51. The van der Waals surface area contributed by atoms with Crippen LogP contribution in [-0.4, -0.2) is 22.6 Å². The third-order valence-electron chi connectivity index (χ3n) is 2.80. The summed E-state index contributed by atoms with van der Waals surface area (Å²) < 4.78 is 26.2. The van der Waals surface area contributed by atoms with Gasteiger partial charge in [-0.05, 0) is 18.2 Å². The minimum absolute atomic E-state index is 0.0195. The predicted molar refractivity (Wildman–Crippen MR) is 76.6 cm³/mol. The lowest BCUT2D eigenvalue weighted by atomic mass is 10.4. The van der Waals surface area contributed by atoms with Gasteiger partial charge in [0.25, 0.3) is 10.0 Å². The molecule has 2 aromatic heterocycles.